The Morgan fingerprint density at radius 2 is 1.65 bits per heavy atom. The third kappa shape index (κ3) is 6.85. The van der Waals surface area contributed by atoms with Crippen LogP contribution in [0.3, 0.4) is 0 Å². The molecule has 8 heteroatoms. The van der Waals surface area contributed by atoms with Gasteiger partial charge in [0.1, 0.15) is 5.82 Å². The Morgan fingerprint density at radius 3 is 2.35 bits per heavy atom. The van der Waals surface area contributed by atoms with Crippen molar-refractivity contribution in [2.75, 3.05) is 49.9 Å². The van der Waals surface area contributed by atoms with E-state index in [1.807, 2.05) is 32.0 Å². The number of carbonyl (C=O) groups excluding carboxylic acids is 2. The zero-order valence-corrected chi connectivity index (χ0v) is 19.5. The SMILES string of the molecule is Cc1cccc(NC(=O)CN2CCN(CCC(=O)Nc3ccc(Br)cc3F)CC2)c1C. The number of aryl methyl sites for hydroxylation is 1. The van der Waals surface area contributed by atoms with E-state index in [2.05, 4.69) is 36.4 Å². The highest BCUT2D eigenvalue weighted by atomic mass is 79.9. The largest absolute Gasteiger partial charge is 0.325 e. The molecular formula is C23H28BrFN4O2. The van der Waals surface area contributed by atoms with E-state index in [-0.39, 0.29) is 17.5 Å². The van der Waals surface area contributed by atoms with Gasteiger partial charge in [-0.2, -0.15) is 0 Å². The van der Waals surface area contributed by atoms with E-state index < -0.39 is 5.82 Å². The number of nitrogens with one attached hydrogen (secondary N) is 2. The standard InChI is InChI=1S/C23H28BrFN4O2/c1-16-4-3-5-20(17(16)2)26-23(31)15-29-12-10-28(11-13-29)9-8-22(30)27-21-7-6-18(24)14-19(21)25/h3-7,14H,8-13,15H2,1-2H3,(H,26,31)(H,27,30). The molecule has 0 saturated carbocycles. The van der Waals surface area contributed by atoms with E-state index in [0.29, 0.717) is 24.0 Å². The first-order chi connectivity index (χ1) is 14.8. The van der Waals surface area contributed by atoms with Crippen molar-refractivity contribution in [2.24, 2.45) is 0 Å². The molecule has 1 heterocycles. The zero-order valence-electron chi connectivity index (χ0n) is 17.9. The lowest BCUT2D eigenvalue weighted by Crippen LogP contribution is -2.49. The van der Waals surface area contributed by atoms with Gasteiger partial charge in [0.2, 0.25) is 11.8 Å². The Kier molecular flexibility index (Phi) is 8.17. The van der Waals surface area contributed by atoms with E-state index in [9.17, 15) is 14.0 Å². The smallest absolute Gasteiger partial charge is 0.238 e. The summed E-state index contributed by atoms with van der Waals surface area (Å²) in [6, 6.07) is 10.4. The zero-order chi connectivity index (χ0) is 22.4. The maximum absolute atomic E-state index is 13.8. The minimum atomic E-state index is -0.463. The van der Waals surface area contributed by atoms with Crippen molar-refractivity contribution in [2.45, 2.75) is 20.3 Å². The third-order valence-corrected chi connectivity index (χ3v) is 6.06. The summed E-state index contributed by atoms with van der Waals surface area (Å²) in [5.41, 5.74) is 3.28. The van der Waals surface area contributed by atoms with Crippen molar-refractivity contribution in [1.82, 2.24) is 9.80 Å². The molecule has 0 radical (unpaired) electrons. The van der Waals surface area contributed by atoms with Gasteiger partial charge in [-0.3, -0.25) is 14.5 Å². The second-order valence-corrected chi connectivity index (χ2v) is 8.75. The van der Waals surface area contributed by atoms with Gasteiger partial charge < -0.3 is 15.5 Å². The molecule has 0 unspecified atom stereocenters. The second-order valence-electron chi connectivity index (χ2n) is 7.84. The Balaban J connectivity index is 1.38. The van der Waals surface area contributed by atoms with Gasteiger partial charge in [-0.25, -0.2) is 4.39 Å². The topological polar surface area (TPSA) is 64.7 Å². The predicted molar refractivity (Wildman–Crippen MR) is 125 cm³/mol. The van der Waals surface area contributed by atoms with Crippen LogP contribution in [0.15, 0.2) is 40.9 Å². The first kappa shape index (κ1) is 23.4. The number of carbonyl (C=O) groups is 2. The molecule has 166 valence electrons. The fourth-order valence-corrected chi connectivity index (χ4v) is 3.85. The molecule has 1 aliphatic heterocycles. The first-order valence-corrected chi connectivity index (χ1v) is 11.2. The van der Waals surface area contributed by atoms with Gasteiger partial charge in [0.05, 0.1) is 12.2 Å². The van der Waals surface area contributed by atoms with Crippen LogP contribution in [0.5, 0.6) is 0 Å². The molecule has 3 rings (SSSR count). The van der Waals surface area contributed by atoms with Gasteiger partial charge in [0, 0.05) is 49.3 Å². The summed E-state index contributed by atoms with van der Waals surface area (Å²) < 4.78 is 14.5. The number of nitrogens with zero attached hydrogens (tertiary/aromatic N) is 2. The van der Waals surface area contributed by atoms with Gasteiger partial charge >= 0.3 is 0 Å². The van der Waals surface area contributed by atoms with Crippen LogP contribution in [-0.4, -0.2) is 60.9 Å². The summed E-state index contributed by atoms with van der Waals surface area (Å²) in [7, 11) is 0. The summed E-state index contributed by atoms with van der Waals surface area (Å²) in [4.78, 5) is 28.9. The highest BCUT2D eigenvalue weighted by Gasteiger charge is 2.20. The van der Waals surface area contributed by atoms with Crippen LogP contribution < -0.4 is 10.6 Å². The monoisotopic (exact) mass is 490 g/mol. The average molecular weight is 491 g/mol. The maximum Gasteiger partial charge on any atom is 0.238 e. The summed E-state index contributed by atoms with van der Waals surface area (Å²) in [6.07, 6.45) is 0.294. The van der Waals surface area contributed by atoms with E-state index in [4.69, 9.17) is 0 Å². The van der Waals surface area contributed by atoms with Crippen molar-refractivity contribution in [3.63, 3.8) is 0 Å². The average Bonchev–Trinajstić information content (AvgIpc) is 2.73. The van der Waals surface area contributed by atoms with Crippen molar-refractivity contribution in [1.29, 1.82) is 0 Å². The number of benzene rings is 2. The minimum absolute atomic E-state index is 0.0157. The van der Waals surface area contributed by atoms with Crippen molar-refractivity contribution >= 4 is 39.1 Å². The molecule has 31 heavy (non-hydrogen) atoms. The number of amides is 2. The Labute approximate surface area is 190 Å². The number of halogens is 2. The molecule has 2 amide bonds. The third-order valence-electron chi connectivity index (χ3n) is 5.57. The van der Waals surface area contributed by atoms with Crippen LogP contribution in [0, 0.1) is 19.7 Å². The summed E-state index contributed by atoms with van der Waals surface area (Å²) in [5, 5.41) is 5.62. The Morgan fingerprint density at radius 1 is 0.968 bits per heavy atom. The fourth-order valence-electron chi connectivity index (χ4n) is 3.51. The van der Waals surface area contributed by atoms with Crippen LogP contribution in [-0.2, 0) is 9.59 Å². The van der Waals surface area contributed by atoms with Crippen molar-refractivity contribution in [3.05, 3.63) is 57.8 Å². The highest BCUT2D eigenvalue weighted by Crippen LogP contribution is 2.20. The Bertz CT molecular complexity index is 945. The molecular weight excluding hydrogens is 463 g/mol. The van der Waals surface area contributed by atoms with E-state index in [1.165, 1.54) is 6.07 Å². The maximum atomic E-state index is 13.8. The molecule has 2 aromatic rings. The molecule has 0 bridgehead atoms. The number of piperazine rings is 1. The summed E-state index contributed by atoms with van der Waals surface area (Å²) in [5.74, 6) is -0.690. The minimum Gasteiger partial charge on any atom is -0.325 e. The van der Waals surface area contributed by atoms with Crippen LogP contribution >= 0.6 is 15.9 Å². The first-order valence-electron chi connectivity index (χ1n) is 10.4. The number of hydrogen-bond donors (Lipinski definition) is 2. The van der Waals surface area contributed by atoms with E-state index in [0.717, 1.165) is 43.0 Å². The van der Waals surface area contributed by atoms with Gasteiger partial charge in [-0.05, 0) is 49.2 Å². The van der Waals surface area contributed by atoms with Crippen LogP contribution in [0.25, 0.3) is 0 Å². The van der Waals surface area contributed by atoms with Crippen LogP contribution in [0.2, 0.25) is 0 Å². The van der Waals surface area contributed by atoms with Gasteiger partial charge in [0.15, 0.2) is 0 Å². The van der Waals surface area contributed by atoms with Gasteiger partial charge in [0.25, 0.3) is 0 Å². The van der Waals surface area contributed by atoms with Crippen LogP contribution in [0.1, 0.15) is 17.5 Å². The Hall–Kier alpha value is -2.29. The second kappa shape index (κ2) is 10.8. The molecule has 0 aromatic heterocycles. The molecule has 2 N–H and O–H groups in total. The number of anilines is 2. The highest BCUT2D eigenvalue weighted by molar-refractivity contribution is 9.10. The van der Waals surface area contributed by atoms with Gasteiger partial charge in [-0.1, -0.05) is 28.1 Å². The van der Waals surface area contributed by atoms with Crippen molar-refractivity contribution < 1.29 is 14.0 Å². The molecule has 1 aliphatic rings. The molecule has 0 atom stereocenters. The predicted octanol–water partition coefficient (Wildman–Crippen LogP) is 3.79. The molecule has 1 saturated heterocycles. The van der Waals surface area contributed by atoms with Crippen LogP contribution in [0.4, 0.5) is 15.8 Å². The number of hydrogen-bond acceptors (Lipinski definition) is 4. The normalized spacial score (nSPS) is 15.0. The van der Waals surface area contributed by atoms with Crippen molar-refractivity contribution in [3.8, 4) is 0 Å². The lowest BCUT2D eigenvalue weighted by Gasteiger charge is -2.34. The molecule has 2 aromatic carbocycles. The lowest BCUT2D eigenvalue weighted by atomic mass is 10.1. The molecule has 0 aliphatic carbocycles. The lowest BCUT2D eigenvalue weighted by molar-refractivity contribution is -0.117. The quantitative estimate of drug-likeness (QED) is 0.619. The molecule has 1 fully saturated rings. The van der Waals surface area contributed by atoms with E-state index >= 15 is 0 Å². The molecule has 6 nitrogen and oxygen atoms in total. The van der Waals surface area contributed by atoms with E-state index in [1.54, 1.807) is 12.1 Å². The number of rotatable bonds is 7. The van der Waals surface area contributed by atoms with Gasteiger partial charge in [-0.15, -0.1) is 0 Å². The summed E-state index contributed by atoms with van der Waals surface area (Å²) >= 11 is 3.20. The summed E-state index contributed by atoms with van der Waals surface area (Å²) in [6.45, 7) is 8.10. The fraction of sp³-hybridized carbons (Fsp3) is 0.391. The molecule has 0 spiro atoms.